The van der Waals surface area contributed by atoms with Crippen molar-refractivity contribution in [1.29, 1.82) is 0 Å². The summed E-state index contributed by atoms with van der Waals surface area (Å²) in [6, 6.07) is 5.92. The van der Waals surface area contributed by atoms with Crippen molar-refractivity contribution in [3.63, 3.8) is 0 Å². The summed E-state index contributed by atoms with van der Waals surface area (Å²) in [5.74, 6) is 1.23. The predicted molar refractivity (Wildman–Crippen MR) is 117 cm³/mol. The number of sulfonamides is 1. The van der Waals surface area contributed by atoms with E-state index in [-0.39, 0.29) is 5.91 Å². The molecule has 1 saturated carbocycles. The Bertz CT molecular complexity index is 716. The lowest BCUT2D eigenvalue weighted by Crippen LogP contribution is -2.48. The minimum absolute atomic E-state index is 0.288. The largest absolute Gasteiger partial charge is 0.494 e. The monoisotopic (exact) mass is 428 g/mol. The number of hydrogen-bond acceptors (Lipinski definition) is 5. The number of nitrogens with zero attached hydrogens (tertiary/aromatic N) is 1. The third-order valence-electron chi connectivity index (χ3n) is 4.80. The van der Waals surface area contributed by atoms with Crippen LogP contribution in [0.2, 0.25) is 0 Å². The van der Waals surface area contributed by atoms with Gasteiger partial charge >= 0.3 is 0 Å². The van der Waals surface area contributed by atoms with Crippen LogP contribution in [0, 0.1) is 0 Å². The molecular formula is C20H32N2O4S2. The van der Waals surface area contributed by atoms with Crippen LogP contribution in [0.4, 0.5) is 5.69 Å². The van der Waals surface area contributed by atoms with Gasteiger partial charge in [0.25, 0.3) is 0 Å². The van der Waals surface area contributed by atoms with Crippen LogP contribution in [0.3, 0.4) is 0 Å². The molecule has 28 heavy (non-hydrogen) atoms. The summed E-state index contributed by atoms with van der Waals surface area (Å²) in [7, 11) is -3.61. The number of ether oxygens (including phenoxy) is 1. The van der Waals surface area contributed by atoms with Gasteiger partial charge in [0.1, 0.15) is 11.8 Å². The highest BCUT2D eigenvalue weighted by molar-refractivity contribution is 7.99. The van der Waals surface area contributed by atoms with Gasteiger partial charge in [0, 0.05) is 17.5 Å². The average molecular weight is 429 g/mol. The van der Waals surface area contributed by atoms with Gasteiger partial charge in [-0.05, 0) is 51.0 Å². The summed E-state index contributed by atoms with van der Waals surface area (Å²) < 4.78 is 31.2. The molecule has 0 aromatic heterocycles. The molecule has 6 nitrogen and oxygen atoms in total. The normalized spacial score (nSPS) is 16.4. The number of carbonyl (C=O) groups is 1. The molecule has 158 valence electrons. The number of nitrogens with one attached hydrogen (secondary N) is 1. The Balaban J connectivity index is 1.93. The molecule has 0 radical (unpaired) electrons. The number of hydrogen-bond donors (Lipinski definition) is 1. The number of amides is 1. The van der Waals surface area contributed by atoms with Crippen LogP contribution in [0.25, 0.3) is 0 Å². The predicted octanol–water partition coefficient (Wildman–Crippen LogP) is 3.42. The Morgan fingerprint density at radius 2 is 1.89 bits per heavy atom. The molecule has 1 aliphatic rings. The molecule has 0 unspecified atom stereocenters. The van der Waals surface area contributed by atoms with Crippen molar-refractivity contribution in [2.24, 2.45) is 0 Å². The van der Waals surface area contributed by atoms with Crippen LogP contribution in [0.15, 0.2) is 24.3 Å². The van der Waals surface area contributed by atoms with Crippen LogP contribution in [-0.2, 0) is 14.8 Å². The molecule has 1 fully saturated rings. The van der Waals surface area contributed by atoms with Crippen molar-refractivity contribution in [3.8, 4) is 5.75 Å². The SMILES string of the molecule is CCOc1ccc(N([C@H](C)C(=O)NCCSC2CCCCC2)S(C)(=O)=O)cc1. The standard InChI is InChI=1S/C20H32N2O4S2/c1-4-26-18-12-10-17(11-13-18)22(28(3,24)25)16(2)20(23)21-14-15-27-19-8-6-5-7-9-19/h10-13,16,19H,4-9,14-15H2,1-3H3,(H,21,23)/t16-/m1/s1. The summed E-state index contributed by atoms with van der Waals surface area (Å²) in [6.45, 7) is 4.58. The zero-order chi connectivity index (χ0) is 20.6. The van der Waals surface area contributed by atoms with Crippen LogP contribution in [0.5, 0.6) is 5.75 Å². The number of carbonyl (C=O) groups excluding carboxylic acids is 1. The summed E-state index contributed by atoms with van der Waals surface area (Å²) in [4.78, 5) is 12.6. The molecule has 1 amide bonds. The van der Waals surface area contributed by atoms with E-state index >= 15 is 0 Å². The van der Waals surface area contributed by atoms with E-state index in [0.29, 0.717) is 29.8 Å². The zero-order valence-electron chi connectivity index (χ0n) is 17.0. The molecule has 1 aliphatic carbocycles. The van der Waals surface area contributed by atoms with E-state index in [2.05, 4.69) is 5.32 Å². The quantitative estimate of drug-likeness (QED) is 0.578. The second-order valence-corrected chi connectivity index (χ2v) is 10.4. The van der Waals surface area contributed by atoms with Crippen LogP contribution in [0.1, 0.15) is 46.0 Å². The maximum absolute atomic E-state index is 12.6. The van der Waals surface area contributed by atoms with E-state index < -0.39 is 16.1 Å². The summed E-state index contributed by atoms with van der Waals surface area (Å²) in [6.07, 6.45) is 7.56. The molecule has 1 aromatic rings. The van der Waals surface area contributed by atoms with Crippen molar-refractivity contribution in [2.45, 2.75) is 57.2 Å². The van der Waals surface area contributed by atoms with Gasteiger partial charge in [-0.15, -0.1) is 0 Å². The fourth-order valence-corrected chi connectivity index (χ4v) is 5.84. The summed E-state index contributed by atoms with van der Waals surface area (Å²) >= 11 is 1.91. The lowest BCUT2D eigenvalue weighted by molar-refractivity contribution is -0.121. The van der Waals surface area contributed by atoms with Gasteiger partial charge in [-0.25, -0.2) is 8.42 Å². The second-order valence-electron chi connectivity index (χ2n) is 7.08. The number of benzene rings is 1. The third kappa shape index (κ3) is 6.88. The first kappa shape index (κ1) is 22.9. The number of anilines is 1. The molecule has 1 aromatic carbocycles. The summed E-state index contributed by atoms with van der Waals surface area (Å²) in [5, 5.41) is 3.58. The molecule has 0 aliphatic heterocycles. The molecule has 8 heteroatoms. The fraction of sp³-hybridized carbons (Fsp3) is 0.650. The molecule has 0 spiro atoms. The zero-order valence-corrected chi connectivity index (χ0v) is 18.7. The first-order valence-corrected chi connectivity index (χ1v) is 12.8. The van der Waals surface area contributed by atoms with Crippen molar-refractivity contribution < 1.29 is 17.9 Å². The van der Waals surface area contributed by atoms with Gasteiger partial charge in [-0.1, -0.05) is 19.3 Å². The highest BCUT2D eigenvalue weighted by Crippen LogP contribution is 2.28. The van der Waals surface area contributed by atoms with Crippen LogP contribution < -0.4 is 14.4 Å². The first-order valence-electron chi connectivity index (χ1n) is 9.94. The average Bonchev–Trinajstić information content (AvgIpc) is 2.66. The molecule has 0 bridgehead atoms. The van der Waals surface area contributed by atoms with Crippen LogP contribution >= 0.6 is 11.8 Å². The maximum atomic E-state index is 12.6. The Kier molecular flexibility index (Phi) is 8.95. The van der Waals surface area contributed by atoms with Gasteiger partial charge in [0.15, 0.2) is 0 Å². The van der Waals surface area contributed by atoms with Crippen molar-refractivity contribution in [3.05, 3.63) is 24.3 Å². The van der Waals surface area contributed by atoms with E-state index in [9.17, 15) is 13.2 Å². The topological polar surface area (TPSA) is 75.7 Å². The Hall–Kier alpha value is -1.41. The van der Waals surface area contributed by atoms with Crippen molar-refractivity contribution >= 4 is 33.4 Å². The van der Waals surface area contributed by atoms with E-state index in [0.717, 1.165) is 16.3 Å². The Morgan fingerprint density at radius 1 is 1.25 bits per heavy atom. The lowest BCUT2D eigenvalue weighted by Gasteiger charge is -2.28. The highest BCUT2D eigenvalue weighted by Gasteiger charge is 2.29. The molecular weight excluding hydrogens is 396 g/mol. The lowest BCUT2D eigenvalue weighted by atomic mass is 10.0. The molecule has 2 rings (SSSR count). The Morgan fingerprint density at radius 3 is 2.46 bits per heavy atom. The van der Waals surface area contributed by atoms with Gasteiger partial charge in [-0.3, -0.25) is 9.10 Å². The minimum atomic E-state index is -3.61. The van der Waals surface area contributed by atoms with E-state index in [1.807, 2.05) is 18.7 Å². The number of thioether (sulfide) groups is 1. The Labute approximate surface area is 173 Å². The van der Waals surface area contributed by atoms with Crippen molar-refractivity contribution in [2.75, 3.05) is 29.5 Å². The van der Waals surface area contributed by atoms with E-state index in [1.54, 1.807) is 31.2 Å². The molecule has 0 saturated heterocycles. The molecule has 1 N–H and O–H groups in total. The van der Waals surface area contributed by atoms with Gasteiger partial charge in [0.05, 0.1) is 18.6 Å². The van der Waals surface area contributed by atoms with Crippen LogP contribution in [-0.4, -0.2) is 50.8 Å². The fourth-order valence-electron chi connectivity index (χ4n) is 3.44. The third-order valence-corrected chi connectivity index (χ3v) is 7.42. The van der Waals surface area contributed by atoms with Gasteiger partial charge in [0.2, 0.25) is 15.9 Å². The van der Waals surface area contributed by atoms with Crippen molar-refractivity contribution in [1.82, 2.24) is 5.32 Å². The first-order chi connectivity index (χ1) is 13.3. The second kappa shape index (κ2) is 11.0. The van der Waals surface area contributed by atoms with E-state index in [4.69, 9.17) is 4.74 Å². The van der Waals surface area contributed by atoms with E-state index in [1.165, 1.54) is 32.1 Å². The highest BCUT2D eigenvalue weighted by atomic mass is 32.2. The molecule has 0 heterocycles. The molecule has 1 atom stereocenters. The summed E-state index contributed by atoms with van der Waals surface area (Å²) in [5.41, 5.74) is 0.449. The van der Waals surface area contributed by atoms with Gasteiger partial charge in [-0.2, -0.15) is 11.8 Å². The maximum Gasteiger partial charge on any atom is 0.243 e. The van der Waals surface area contributed by atoms with Gasteiger partial charge < -0.3 is 10.1 Å². The smallest absolute Gasteiger partial charge is 0.243 e. The minimum Gasteiger partial charge on any atom is -0.494 e. The number of rotatable bonds is 10.